The molecule has 0 N–H and O–H groups in total. The van der Waals surface area contributed by atoms with Gasteiger partial charge in [0.05, 0.1) is 28.1 Å². The first-order chi connectivity index (χ1) is 17.2. The Hall–Kier alpha value is -3.85. The first-order valence-corrected chi connectivity index (χ1v) is 14.4. The fraction of sp³-hybridized carbons (Fsp3) is 0. The zero-order valence-electron chi connectivity index (χ0n) is 18.5. The molecule has 166 valence electrons. The van der Waals surface area contributed by atoms with Crippen molar-refractivity contribution in [1.29, 1.82) is 0 Å². The van der Waals surface area contributed by atoms with Gasteiger partial charge in [-0.05, 0) is 48.5 Å². The third kappa shape index (κ3) is 2.43. The van der Waals surface area contributed by atoms with Crippen LogP contribution < -0.4 is 25.4 Å². The number of rotatable bonds is 1. The van der Waals surface area contributed by atoms with Crippen molar-refractivity contribution in [3.63, 3.8) is 0 Å². The molecule has 0 spiro atoms. The summed E-state index contributed by atoms with van der Waals surface area (Å²) < 4.78 is 15.4. The van der Waals surface area contributed by atoms with Crippen LogP contribution in [-0.2, 0) is 11.8 Å². The van der Waals surface area contributed by atoms with E-state index in [-0.39, 0.29) is 0 Å². The van der Waals surface area contributed by atoms with Crippen molar-refractivity contribution in [2.24, 2.45) is 0 Å². The normalized spacial score (nSPS) is 17.3. The minimum atomic E-state index is -2.39. The predicted molar refractivity (Wildman–Crippen MR) is 147 cm³/mol. The fourth-order valence-electron chi connectivity index (χ4n) is 5.59. The van der Waals surface area contributed by atoms with Crippen LogP contribution in [0.3, 0.4) is 0 Å². The van der Waals surface area contributed by atoms with Crippen LogP contribution in [0, 0.1) is 0 Å². The summed E-state index contributed by atoms with van der Waals surface area (Å²) in [6, 6.07) is 35.2. The van der Waals surface area contributed by atoms with Crippen LogP contribution in [0.25, 0.3) is 27.5 Å². The van der Waals surface area contributed by atoms with Crippen molar-refractivity contribution in [2.75, 3.05) is 0 Å². The van der Waals surface area contributed by atoms with Gasteiger partial charge in [-0.15, -0.1) is 0 Å². The molecule has 0 aliphatic carbocycles. The second-order valence-electron chi connectivity index (χ2n) is 8.88. The Morgan fingerprint density at radius 2 is 1.09 bits per heavy atom. The highest BCUT2D eigenvalue weighted by Crippen LogP contribution is 2.59. The van der Waals surface area contributed by atoms with Gasteiger partial charge in [0.25, 0.3) is 0 Å². The highest BCUT2D eigenvalue weighted by molar-refractivity contribution is 8.26. The summed E-state index contributed by atoms with van der Waals surface area (Å²) in [4.78, 5) is 0. The van der Waals surface area contributed by atoms with Crippen LogP contribution in [-0.4, -0.2) is 4.57 Å². The van der Waals surface area contributed by atoms with Crippen molar-refractivity contribution in [1.82, 2.24) is 4.57 Å². The van der Waals surface area contributed by atoms with Crippen LogP contribution in [0.1, 0.15) is 0 Å². The highest BCUT2D eigenvalue weighted by Gasteiger charge is 2.43. The van der Waals surface area contributed by atoms with E-state index in [9.17, 15) is 0 Å². The number of benzene rings is 5. The predicted octanol–water partition coefficient (Wildman–Crippen LogP) is 6.75. The van der Waals surface area contributed by atoms with Crippen molar-refractivity contribution in [3.05, 3.63) is 109 Å². The number of aromatic nitrogens is 1. The molecule has 0 bridgehead atoms. The average Bonchev–Trinajstić information content (AvgIpc) is 3.23. The van der Waals surface area contributed by atoms with E-state index in [2.05, 4.69) is 89.5 Å². The van der Waals surface area contributed by atoms with E-state index in [0.29, 0.717) is 0 Å². The molecule has 5 aromatic carbocycles. The lowest BCUT2D eigenvalue weighted by Gasteiger charge is -2.38. The summed E-state index contributed by atoms with van der Waals surface area (Å²) in [5.74, 6) is 3.27. The molecular formula is C30H18NO2PS. The Labute approximate surface area is 207 Å². The van der Waals surface area contributed by atoms with Crippen molar-refractivity contribution in [3.8, 4) is 28.7 Å². The number of ether oxygens (including phenoxy) is 2. The molecule has 1 aromatic heterocycles. The molecule has 8 rings (SSSR count). The highest BCUT2D eigenvalue weighted by atomic mass is 32.4. The van der Waals surface area contributed by atoms with Gasteiger partial charge in [-0.1, -0.05) is 72.5 Å². The van der Waals surface area contributed by atoms with Crippen molar-refractivity contribution in [2.45, 2.75) is 0 Å². The Balaban J connectivity index is 1.53. The van der Waals surface area contributed by atoms with Gasteiger partial charge in [0.15, 0.2) is 5.75 Å². The van der Waals surface area contributed by atoms with Crippen molar-refractivity contribution < 1.29 is 9.47 Å². The maximum atomic E-state index is 6.72. The van der Waals surface area contributed by atoms with E-state index < -0.39 is 6.04 Å². The van der Waals surface area contributed by atoms with Gasteiger partial charge in [-0.25, -0.2) is 0 Å². The molecule has 0 fully saturated rings. The van der Waals surface area contributed by atoms with E-state index in [1.54, 1.807) is 0 Å². The van der Waals surface area contributed by atoms with Crippen LogP contribution >= 0.6 is 6.04 Å². The Morgan fingerprint density at radius 3 is 1.74 bits per heavy atom. The number of hydrogen-bond donors (Lipinski definition) is 0. The molecule has 3 nitrogen and oxygen atoms in total. The first kappa shape index (κ1) is 19.5. The maximum absolute atomic E-state index is 6.72. The lowest BCUT2D eigenvalue weighted by molar-refractivity contribution is 0.465. The first-order valence-electron chi connectivity index (χ1n) is 11.6. The van der Waals surface area contributed by atoms with Crippen LogP contribution in [0.2, 0.25) is 0 Å². The summed E-state index contributed by atoms with van der Waals surface area (Å²) >= 11 is 6.68. The van der Waals surface area contributed by atoms with Crippen LogP contribution in [0.15, 0.2) is 109 Å². The molecule has 3 heterocycles. The zero-order valence-corrected chi connectivity index (χ0v) is 20.2. The topological polar surface area (TPSA) is 23.4 Å². The molecule has 0 amide bonds. The molecule has 0 radical (unpaired) electrons. The molecule has 1 unspecified atom stereocenters. The number of nitrogens with zero attached hydrogens (tertiary/aromatic N) is 1. The second kappa shape index (κ2) is 6.85. The lowest BCUT2D eigenvalue weighted by Crippen LogP contribution is -2.35. The van der Waals surface area contributed by atoms with Crippen molar-refractivity contribution >= 4 is 55.6 Å². The van der Waals surface area contributed by atoms with Gasteiger partial charge in [0.1, 0.15) is 17.2 Å². The monoisotopic (exact) mass is 487 g/mol. The SMILES string of the molecule is S=P12c3ccccc3Oc3ccc(-n4c5ccccc5c5ccccc54)c(c31)Oc1ccccc12. The van der Waals surface area contributed by atoms with Gasteiger partial charge in [-0.3, -0.25) is 0 Å². The minimum Gasteiger partial charge on any atom is -0.456 e. The molecule has 5 heteroatoms. The van der Waals surface area contributed by atoms with E-state index in [1.807, 2.05) is 24.3 Å². The lowest BCUT2D eigenvalue weighted by atomic mass is 10.2. The molecule has 35 heavy (non-hydrogen) atoms. The second-order valence-corrected chi connectivity index (χ2v) is 13.2. The standard InChI is InChI=1S/C30H18NO2PS/c35-34-27-15-7-5-13-24(27)32-26-18-17-23(29(30(26)34)33-25-14-6-8-16-28(25)34)31-21-11-3-1-9-19(21)20-10-2-4-12-22(20)31/h1-18H. The Morgan fingerprint density at radius 1 is 0.543 bits per heavy atom. The van der Waals surface area contributed by atoms with Gasteiger partial charge < -0.3 is 14.0 Å². The van der Waals surface area contributed by atoms with E-state index >= 15 is 0 Å². The van der Waals surface area contributed by atoms with Gasteiger partial charge in [0.2, 0.25) is 0 Å². The van der Waals surface area contributed by atoms with E-state index in [1.165, 1.54) is 10.8 Å². The number of fused-ring (bicyclic) bond motifs is 7. The largest absolute Gasteiger partial charge is 0.456 e. The molecule has 6 aromatic rings. The Kier molecular flexibility index (Phi) is 3.81. The minimum absolute atomic E-state index is 0.793. The third-order valence-electron chi connectivity index (χ3n) is 7.05. The van der Waals surface area contributed by atoms with Crippen LogP contribution in [0.4, 0.5) is 0 Å². The van der Waals surface area contributed by atoms with Gasteiger partial charge >= 0.3 is 0 Å². The van der Waals surface area contributed by atoms with Gasteiger partial charge in [0, 0.05) is 21.4 Å². The molecule has 2 aliphatic rings. The van der Waals surface area contributed by atoms with E-state index in [0.717, 1.165) is 55.6 Å². The molecule has 0 saturated heterocycles. The third-order valence-corrected chi connectivity index (χ3v) is 11.9. The summed E-state index contributed by atoms with van der Waals surface area (Å²) in [5, 5.41) is 5.59. The molecule has 2 aliphatic heterocycles. The quantitative estimate of drug-likeness (QED) is 0.239. The fourth-order valence-corrected chi connectivity index (χ4v) is 10.1. The average molecular weight is 488 g/mol. The van der Waals surface area contributed by atoms with Gasteiger partial charge in [-0.2, -0.15) is 0 Å². The van der Waals surface area contributed by atoms with Crippen LogP contribution in [0.5, 0.6) is 23.0 Å². The van der Waals surface area contributed by atoms with E-state index in [4.69, 9.17) is 21.3 Å². The summed E-state index contributed by atoms with van der Waals surface area (Å²) in [7, 11) is 0. The Bertz CT molecular complexity index is 1840. The molecule has 0 saturated carbocycles. The number of para-hydroxylation sites is 4. The zero-order chi connectivity index (χ0) is 23.1. The maximum Gasteiger partial charge on any atom is 0.164 e. The molecule has 1 atom stereocenters. The smallest absolute Gasteiger partial charge is 0.164 e. The summed E-state index contributed by atoms with van der Waals surface area (Å²) in [6.07, 6.45) is 0. The molecular weight excluding hydrogens is 469 g/mol. The summed E-state index contributed by atoms with van der Waals surface area (Å²) in [5.41, 5.74) is 3.25. The number of hydrogen-bond acceptors (Lipinski definition) is 3. The summed E-state index contributed by atoms with van der Waals surface area (Å²) in [6.45, 7) is 0.